The van der Waals surface area contributed by atoms with Crippen LogP contribution in [-0.4, -0.2) is 34.4 Å². The Labute approximate surface area is 164 Å². The summed E-state index contributed by atoms with van der Waals surface area (Å²) in [6, 6.07) is 7.42. The van der Waals surface area contributed by atoms with Gasteiger partial charge in [0.1, 0.15) is 5.69 Å². The molecular formula is C21H25N5O2. The third-order valence-corrected chi connectivity index (χ3v) is 5.86. The highest BCUT2D eigenvalue weighted by molar-refractivity contribution is 6.00. The summed E-state index contributed by atoms with van der Waals surface area (Å²) in [6.07, 6.45) is 7.21. The standard InChI is InChI=1S/C21H25N5O2/c1-14-12-23-13-18(24-14)19(27)25-16-5-3-7-21(11-16)8-9-26(20(21)28)17-6-2-4-15(22)10-17/h2,4,6,10,12-13,16H,3,5,7-9,11,22H2,1H3,(H,25,27)/t16-,21-/m0/s1. The van der Waals surface area contributed by atoms with E-state index in [1.807, 2.05) is 36.1 Å². The summed E-state index contributed by atoms with van der Waals surface area (Å²) in [7, 11) is 0. The second-order valence-electron chi connectivity index (χ2n) is 7.89. The van der Waals surface area contributed by atoms with Crippen LogP contribution in [0.2, 0.25) is 0 Å². The topological polar surface area (TPSA) is 101 Å². The number of carbonyl (C=O) groups excluding carboxylic acids is 2. The zero-order valence-corrected chi connectivity index (χ0v) is 16.0. The first-order valence-electron chi connectivity index (χ1n) is 9.74. The van der Waals surface area contributed by atoms with Gasteiger partial charge in [0.15, 0.2) is 0 Å². The summed E-state index contributed by atoms with van der Waals surface area (Å²) < 4.78 is 0. The monoisotopic (exact) mass is 379 g/mol. The Hall–Kier alpha value is -2.96. The molecule has 7 nitrogen and oxygen atoms in total. The lowest BCUT2D eigenvalue weighted by molar-refractivity contribution is -0.127. The van der Waals surface area contributed by atoms with Crippen LogP contribution in [-0.2, 0) is 4.79 Å². The maximum atomic E-state index is 13.3. The van der Waals surface area contributed by atoms with E-state index in [9.17, 15) is 9.59 Å². The number of amides is 2. The highest BCUT2D eigenvalue weighted by Gasteiger charge is 2.49. The Morgan fingerprint density at radius 2 is 2.18 bits per heavy atom. The number of hydrogen-bond donors (Lipinski definition) is 2. The van der Waals surface area contributed by atoms with Crippen molar-refractivity contribution in [2.24, 2.45) is 5.41 Å². The zero-order chi connectivity index (χ0) is 19.7. The maximum Gasteiger partial charge on any atom is 0.271 e. The maximum absolute atomic E-state index is 13.3. The van der Waals surface area contributed by atoms with Gasteiger partial charge in [-0.2, -0.15) is 0 Å². The van der Waals surface area contributed by atoms with Gasteiger partial charge in [-0.15, -0.1) is 0 Å². The summed E-state index contributed by atoms with van der Waals surface area (Å²) in [5.41, 5.74) is 8.01. The van der Waals surface area contributed by atoms with E-state index >= 15 is 0 Å². The van der Waals surface area contributed by atoms with Crippen LogP contribution in [0.3, 0.4) is 0 Å². The van der Waals surface area contributed by atoms with Crippen molar-refractivity contribution in [2.75, 3.05) is 17.2 Å². The van der Waals surface area contributed by atoms with E-state index in [1.165, 1.54) is 6.20 Å². The number of anilines is 2. The number of benzene rings is 1. The van der Waals surface area contributed by atoms with Gasteiger partial charge in [-0.3, -0.25) is 14.6 Å². The van der Waals surface area contributed by atoms with Crippen molar-refractivity contribution in [2.45, 2.75) is 45.1 Å². The summed E-state index contributed by atoms with van der Waals surface area (Å²) in [5.74, 6) is -0.0798. The Kier molecular flexibility index (Phi) is 4.75. The van der Waals surface area contributed by atoms with E-state index in [0.29, 0.717) is 30.0 Å². The fourth-order valence-corrected chi connectivity index (χ4v) is 4.50. The molecular weight excluding hydrogens is 354 g/mol. The molecule has 1 aromatic heterocycles. The third kappa shape index (κ3) is 3.44. The van der Waals surface area contributed by atoms with Crippen LogP contribution in [0.25, 0.3) is 0 Å². The highest BCUT2D eigenvalue weighted by atomic mass is 16.2. The average molecular weight is 379 g/mol. The fourth-order valence-electron chi connectivity index (χ4n) is 4.50. The van der Waals surface area contributed by atoms with Crippen LogP contribution in [0.15, 0.2) is 36.7 Å². The Morgan fingerprint density at radius 3 is 2.96 bits per heavy atom. The number of rotatable bonds is 3. The zero-order valence-electron chi connectivity index (χ0n) is 16.0. The predicted octanol–water partition coefficient (Wildman–Crippen LogP) is 2.46. The van der Waals surface area contributed by atoms with Crippen molar-refractivity contribution >= 4 is 23.2 Å². The molecule has 4 rings (SSSR count). The van der Waals surface area contributed by atoms with Crippen molar-refractivity contribution in [3.05, 3.63) is 48.0 Å². The van der Waals surface area contributed by atoms with Gasteiger partial charge in [0.25, 0.3) is 5.91 Å². The molecule has 1 spiro atoms. The Morgan fingerprint density at radius 1 is 1.32 bits per heavy atom. The number of hydrogen-bond acceptors (Lipinski definition) is 5. The molecule has 2 aromatic rings. The molecule has 1 aliphatic heterocycles. The minimum atomic E-state index is -0.404. The van der Waals surface area contributed by atoms with E-state index < -0.39 is 5.41 Å². The molecule has 1 aliphatic carbocycles. The van der Waals surface area contributed by atoms with Gasteiger partial charge in [0.05, 0.1) is 17.3 Å². The number of aromatic nitrogens is 2. The van der Waals surface area contributed by atoms with Gasteiger partial charge in [-0.1, -0.05) is 12.5 Å². The van der Waals surface area contributed by atoms with Crippen molar-refractivity contribution in [1.29, 1.82) is 0 Å². The molecule has 28 heavy (non-hydrogen) atoms. The lowest BCUT2D eigenvalue weighted by atomic mass is 9.71. The SMILES string of the molecule is Cc1cncc(C(=O)N[C@H]2CCC[C@]3(CCN(c4cccc(N)c4)C3=O)C2)n1. The number of nitrogens with zero attached hydrogens (tertiary/aromatic N) is 3. The molecule has 1 aromatic carbocycles. The van der Waals surface area contributed by atoms with E-state index in [4.69, 9.17) is 5.73 Å². The average Bonchev–Trinajstić information content (AvgIpc) is 2.97. The van der Waals surface area contributed by atoms with Crippen LogP contribution >= 0.6 is 0 Å². The van der Waals surface area contributed by atoms with Crippen LogP contribution in [0.1, 0.15) is 48.3 Å². The number of aryl methyl sites for hydroxylation is 1. The van der Waals surface area contributed by atoms with Gasteiger partial charge in [0.2, 0.25) is 5.91 Å². The predicted molar refractivity (Wildman–Crippen MR) is 107 cm³/mol. The second-order valence-corrected chi connectivity index (χ2v) is 7.89. The van der Waals surface area contributed by atoms with Gasteiger partial charge >= 0.3 is 0 Å². The molecule has 146 valence electrons. The van der Waals surface area contributed by atoms with Crippen molar-refractivity contribution in [3.63, 3.8) is 0 Å². The van der Waals surface area contributed by atoms with E-state index in [-0.39, 0.29) is 17.9 Å². The molecule has 2 atom stereocenters. The molecule has 3 N–H and O–H groups in total. The summed E-state index contributed by atoms with van der Waals surface area (Å²) in [5, 5.41) is 3.07. The first kappa shape index (κ1) is 18.4. The normalized spacial score (nSPS) is 24.5. The van der Waals surface area contributed by atoms with Gasteiger partial charge in [-0.05, 0) is 50.8 Å². The van der Waals surface area contributed by atoms with Gasteiger partial charge in [0, 0.05) is 30.2 Å². The Balaban J connectivity index is 1.47. The quantitative estimate of drug-likeness (QED) is 0.798. The van der Waals surface area contributed by atoms with E-state index in [0.717, 1.165) is 31.4 Å². The van der Waals surface area contributed by atoms with Crippen LogP contribution in [0.5, 0.6) is 0 Å². The molecule has 2 heterocycles. The van der Waals surface area contributed by atoms with Crippen molar-refractivity contribution < 1.29 is 9.59 Å². The highest BCUT2D eigenvalue weighted by Crippen LogP contribution is 2.46. The van der Waals surface area contributed by atoms with Gasteiger partial charge < -0.3 is 16.0 Å². The summed E-state index contributed by atoms with van der Waals surface area (Å²) in [4.78, 5) is 36.0. The molecule has 0 unspecified atom stereocenters. The molecule has 2 aliphatic rings. The fraction of sp³-hybridized carbons (Fsp3) is 0.429. The lowest BCUT2D eigenvalue weighted by Crippen LogP contribution is -2.46. The minimum absolute atomic E-state index is 0.0340. The molecule has 1 saturated heterocycles. The summed E-state index contributed by atoms with van der Waals surface area (Å²) >= 11 is 0. The second kappa shape index (κ2) is 7.22. The minimum Gasteiger partial charge on any atom is -0.399 e. The van der Waals surface area contributed by atoms with Crippen LogP contribution in [0, 0.1) is 12.3 Å². The summed E-state index contributed by atoms with van der Waals surface area (Å²) in [6.45, 7) is 2.49. The van der Waals surface area contributed by atoms with Crippen molar-refractivity contribution in [3.8, 4) is 0 Å². The van der Waals surface area contributed by atoms with Crippen molar-refractivity contribution in [1.82, 2.24) is 15.3 Å². The van der Waals surface area contributed by atoms with E-state index in [2.05, 4.69) is 15.3 Å². The lowest BCUT2D eigenvalue weighted by Gasteiger charge is -2.36. The molecule has 2 fully saturated rings. The molecule has 0 bridgehead atoms. The van der Waals surface area contributed by atoms with Crippen LogP contribution in [0.4, 0.5) is 11.4 Å². The Bertz CT molecular complexity index is 915. The van der Waals surface area contributed by atoms with Gasteiger partial charge in [-0.25, -0.2) is 4.98 Å². The first-order valence-corrected chi connectivity index (χ1v) is 9.74. The molecule has 0 radical (unpaired) electrons. The smallest absolute Gasteiger partial charge is 0.271 e. The number of nitrogens with one attached hydrogen (secondary N) is 1. The number of carbonyl (C=O) groups is 2. The molecule has 1 saturated carbocycles. The number of nitrogen functional groups attached to an aromatic ring is 1. The largest absolute Gasteiger partial charge is 0.399 e. The van der Waals surface area contributed by atoms with E-state index in [1.54, 1.807) is 6.20 Å². The third-order valence-electron chi connectivity index (χ3n) is 5.86. The molecule has 7 heteroatoms. The van der Waals surface area contributed by atoms with Crippen LogP contribution < -0.4 is 16.0 Å². The number of nitrogens with two attached hydrogens (primary N) is 1. The first-order chi connectivity index (χ1) is 13.5. The molecule has 2 amide bonds.